The fourth-order valence-corrected chi connectivity index (χ4v) is 7.49. The van der Waals surface area contributed by atoms with E-state index in [9.17, 15) is 16.8 Å². The summed E-state index contributed by atoms with van der Waals surface area (Å²) in [7, 11) is -6.45. The van der Waals surface area contributed by atoms with Crippen LogP contribution >= 0.6 is 0 Å². The summed E-state index contributed by atoms with van der Waals surface area (Å²) in [5, 5.41) is 1.79. The minimum absolute atomic E-state index is 0.0155. The Morgan fingerprint density at radius 1 is 0.609 bits per heavy atom. The van der Waals surface area contributed by atoms with Gasteiger partial charge in [-0.05, 0) is 35.9 Å². The van der Waals surface area contributed by atoms with Crippen molar-refractivity contribution in [1.82, 2.24) is 5.32 Å². The summed E-state index contributed by atoms with van der Waals surface area (Å²) in [5.74, 6) is 0. The molecule has 0 aliphatic rings. The molecule has 4 aromatic rings. The van der Waals surface area contributed by atoms with Crippen LogP contribution in [0.4, 0.5) is 0 Å². The molecule has 1 N–H and O–H groups in total. The van der Waals surface area contributed by atoms with E-state index in [0.717, 1.165) is 22.9 Å². The van der Waals surface area contributed by atoms with Crippen LogP contribution in [0.3, 0.4) is 0 Å². The fourth-order valence-electron chi connectivity index (χ4n) is 5.02. The van der Waals surface area contributed by atoms with Crippen molar-refractivity contribution in [2.24, 2.45) is 0 Å². The Bertz CT molecular complexity index is 1660. The molecule has 9 nitrogen and oxygen atoms in total. The van der Waals surface area contributed by atoms with Crippen molar-refractivity contribution >= 4 is 20.0 Å². The zero-order valence-electron chi connectivity index (χ0n) is 26.0. The second kappa shape index (κ2) is 17.5. The van der Waals surface area contributed by atoms with Crippen LogP contribution in [0.25, 0.3) is 0 Å². The van der Waals surface area contributed by atoms with Crippen molar-refractivity contribution < 1.29 is 35.2 Å². The molecule has 0 amide bonds. The van der Waals surface area contributed by atoms with Crippen molar-refractivity contribution in [2.45, 2.75) is 48.3 Å². The molecule has 0 saturated heterocycles. The lowest BCUT2D eigenvalue weighted by Crippen LogP contribution is -2.55. The number of sulfone groups is 1. The van der Waals surface area contributed by atoms with E-state index in [2.05, 4.69) is 5.32 Å². The Morgan fingerprint density at radius 2 is 1.04 bits per heavy atom. The van der Waals surface area contributed by atoms with Crippen LogP contribution in [0.2, 0.25) is 0 Å². The summed E-state index contributed by atoms with van der Waals surface area (Å²) in [6.07, 6.45) is -2.72. The third kappa shape index (κ3) is 10.8. The van der Waals surface area contributed by atoms with Gasteiger partial charge in [0.05, 0.1) is 37.6 Å². The topological polar surface area (TPSA) is 117 Å². The molecule has 0 aliphatic heterocycles. The predicted octanol–water partition coefficient (Wildman–Crippen LogP) is 4.78. The molecular formula is C35H41NO8S2. The molecule has 1 unspecified atom stereocenters. The molecule has 0 fully saturated rings. The normalized spacial score (nSPS) is 14.7. The Kier molecular flexibility index (Phi) is 13.5. The second-order valence-electron chi connectivity index (χ2n) is 10.8. The van der Waals surface area contributed by atoms with E-state index in [1.165, 1.54) is 12.1 Å². The third-order valence-electron chi connectivity index (χ3n) is 7.19. The first kappa shape index (κ1) is 35.4. The molecule has 4 atom stereocenters. The minimum Gasteiger partial charge on any atom is -0.374 e. The highest BCUT2D eigenvalue weighted by molar-refractivity contribution is 7.92. The fraction of sp³-hybridized carbons (Fsp3) is 0.314. The van der Waals surface area contributed by atoms with Gasteiger partial charge in [0.25, 0.3) is 10.1 Å². The number of hydrogen-bond acceptors (Lipinski definition) is 9. The van der Waals surface area contributed by atoms with Gasteiger partial charge in [-0.1, -0.05) is 109 Å². The van der Waals surface area contributed by atoms with Gasteiger partial charge in [-0.2, -0.15) is 8.42 Å². The Morgan fingerprint density at radius 3 is 1.50 bits per heavy atom. The molecule has 4 rings (SSSR count). The van der Waals surface area contributed by atoms with Crippen molar-refractivity contribution in [1.29, 1.82) is 0 Å². The SMILES string of the molecule is CNCC([C@H](OCc1ccccc1)[C@H](OCc1ccccc1)[C@@H](COCc1ccccc1)OS(C)(=O)=O)S(=O)(=O)c1ccccc1. The van der Waals surface area contributed by atoms with Gasteiger partial charge in [-0.25, -0.2) is 8.42 Å². The summed E-state index contributed by atoms with van der Waals surface area (Å²) in [6, 6.07) is 36.1. The first-order valence-corrected chi connectivity index (χ1v) is 18.3. The summed E-state index contributed by atoms with van der Waals surface area (Å²) in [5.41, 5.74) is 2.48. The molecular weight excluding hydrogens is 627 g/mol. The molecule has 0 radical (unpaired) electrons. The van der Waals surface area contributed by atoms with E-state index in [1.807, 2.05) is 91.0 Å². The summed E-state index contributed by atoms with van der Waals surface area (Å²) >= 11 is 0. The van der Waals surface area contributed by atoms with Crippen molar-refractivity contribution in [3.63, 3.8) is 0 Å². The highest BCUT2D eigenvalue weighted by Gasteiger charge is 2.45. The van der Waals surface area contributed by atoms with Gasteiger partial charge in [-0.3, -0.25) is 4.18 Å². The van der Waals surface area contributed by atoms with E-state index in [4.69, 9.17) is 18.4 Å². The van der Waals surface area contributed by atoms with E-state index in [0.29, 0.717) is 0 Å². The van der Waals surface area contributed by atoms with Crippen LogP contribution in [0.15, 0.2) is 126 Å². The first-order chi connectivity index (χ1) is 22.2. The van der Waals surface area contributed by atoms with Crippen LogP contribution in [-0.4, -0.2) is 66.9 Å². The average Bonchev–Trinajstić information content (AvgIpc) is 3.06. The summed E-state index contributed by atoms with van der Waals surface area (Å²) in [6.45, 7) is 0.0185. The van der Waals surface area contributed by atoms with E-state index in [1.54, 1.807) is 25.2 Å². The maximum absolute atomic E-state index is 14.3. The lowest BCUT2D eigenvalue weighted by molar-refractivity contribution is -0.139. The van der Waals surface area contributed by atoms with Gasteiger partial charge in [0, 0.05) is 6.54 Å². The van der Waals surface area contributed by atoms with Gasteiger partial charge in [0.1, 0.15) is 23.6 Å². The van der Waals surface area contributed by atoms with E-state index >= 15 is 0 Å². The molecule has 0 bridgehead atoms. The monoisotopic (exact) mass is 667 g/mol. The third-order valence-corrected chi connectivity index (χ3v) is 9.95. The molecule has 46 heavy (non-hydrogen) atoms. The van der Waals surface area contributed by atoms with Gasteiger partial charge >= 0.3 is 0 Å². The molecule has 11 heteroatoms. The number of nitrogens with one attached hydrogen (secondary N) is 1. The number of rotatable bonds is 19. The van der Waals surface area contributed by atoms with Crippen molar-refractivity contribution in [2.75, 3.05) is 26.5 Å². The quantitative estimate of drug-likeness (QED) is 0.141. The Balaban J connectivity index is 1.78. The number of hydrogen-bond donors (Lipinski definition) is 1. The second-order valence-corrected chi connectivity index (χ2v) is 14.6. The largest absolute Gasteiger partial charge is 0.374 e. The van der Waals surface area contributed by atoms with Crippen LogP contribution < -0.4 is 5.32 Å². The Labute approximate surface area is 272 Å². The van der Waals surface area contributed by atoms with Gasteiger partial charge < -0.3 is 19.5 Å². The molecule has 4 aromatic carbocycles. The summed E-state index contributed by atoms with van der Waals surface area (Å²) < 4.78 is 78.5. The zero-order valence-corrected chi connectivity index (χ0v) is 27.6. The smallest absolute Gasteiger partial charge is 0.264 e. The van der Waals surface area contributed by atoms with E-state index in [-0.39, 0.29) is 37.9 Å². The van der Waals surface area contributed by atoms with Gasteiger partial charge in [-0.15, -0.1) is 0 Å². The Hall–Kier alpha value is -3.42. The van der Waals surface area contributed by atoms with Crippen LogP contribution in [0.1, 0.15) is 16.7 Å². The first-order valence-electron chi connectivity index (χ1n) is 14.9. The highest BCUT2D eigenvalue weighted by Crippen LogP contribution is 2.28. The maximum atomic E-state index is 14.3. The maximum Gasteiger partial charge on any atom is 0.264 e. The molecule has 0 aliphatic carbocycles. The molecule has 246 valence electrons. The number of benzene rings is 4. The lowest BCUT2D eigenvalue weighted by Gasteiger charge is -2.37. The molecule has 0 heterocycles. The lowest BCUT2D eigenvalue weighted by atomic mass is 10.0. The standard InChI is InChI=1S/C35H41NO8S2/c1-36-23-33(46(39,40)31-21-13-6-14-22-31)35(43-26-30-19-11-5-12-20-30)34(42-25-29-17-9-4-10-18-29)32(44-45(2,37)38)27-41-24-28-15-7-3-8-16-28/h3-22,32-36H,23-27H2,1-2H3/t32-,33?,34-,35+/m1/s1. The predicted molar refractivity (Wildman–Crippen MR) is 177 cm³/mol. The molecule has 0 spiro atoms. The van der Waals surface area contributed by atoms with E-state index < -0.39 is 43.5 Å². The van der Waals surface area contributed by atoms with Crippen LogP contribution in [-0.2, 0) is 58.2 Å². The van der Waals surface area contributed by atoms with Crippen molar-refractivity contribution in [3.8, 4) is 0 Å². The van der Waals surface area contributed by atoms with Gasteiger partial charge in [0.2, 0.25) is 0 Å². The minimum atomic E-state index is -4.05. The average molecular weight is 668 g/mol. The highest BCUT2D eigenvalue weighted by atomic mass is 32.2. The van der Waals surface area contributed by atoms with Gasteiger partial charge in [0.15, 0.2) is 9.84 Å². The molecule has 0 aromatic heterocycles. The van der Waals surface area contributed by atoms with Crippen molar-refractivity contribution in [3.05, 3.63) is 138 Å². The number of ether oxygens (including phenoxy) is 3. The van der Waals surface area contributed by atoms with Crippen LogP contribution in [0, 0.1) is 0 Å². The summed E-state index contributed by atoms with van der Waals surface area (Å²) in [4.78, 5) is 0.103. The molecule has 0 saturated carbocycles. The zero-order chi connectivity index (χ0) is 32.8. The van der Waals surface area contributed by atoms with Crippen LogP contribution in [0.5, 0.6) is 0 Å².